The van der Waals surface area contributed by atoms with Gasteiger partial charge in [0, 0.05) is 18.7 Å². The molecule has 90 valence electrons. The van der Waals surface area contributed by atoms with Crippen LogP contribution in [-0.4, -0.2) is 23.8 Å². The van der Waals surface area contributed by atoms with Crippen molar-refractivity contribution in [2.45, 2.75) is 65.5 Å². The molecular formula is C13H27NO. The van der Waals surface area contributed by atoms with Crippen molar-refractivity contribution in [2.75, 3.05) is 6.61 Å². The molecule has 1 rings (SSSR count). The molecule has 0 radical (unpaired) electrons. The molecule has 0 spiro atoms. The van der Waals surface area contributed by atoms with Crippen molar-refractivity contribution in [2.24, 2.45) is 11.3 Å². The Morgan fingerprint density at radius 2 is 2.13 bits per heavy atom. The van der Waals surface area contributed by atoms with E-state index in [-0.39, 0.29) is 0 Å². The van der Waals surface area contributed by atoms with Crippen molar-refractivity contribution in [1.29, 1.82) is 0 Å². The first-order chi connectivity index (χ1) is 6.94. The topological polar surface area (TPSA) is 32.3 Å². The van der Waals surface area contributed by atoms with Gasteiger partial charge < -0.3 is 10.4 Å². The molecule has 1 fully saturated rings. The first-order valence-corrected chi connectivity index (χ1v) is 6.31. The zero-order valence-corrected chi connectivity index (χ0v) is 10.7. The summed E-state index contributed by atoms with van der Waals surface area (Å²) in [5.74, 6) is 0.759. The van der Waals surface area contributed by atoms with E-state index in [0.717, 1.165) is 12.3 Å². The second-order valence-corrected chi connectivity index (χ2v) is 6.07. The Bertz CT molecular complexity index is 191. The molecule has 2 nitrogen and oxygen atoms in total. The Kier molecular flexibility index (Phi) is 4.60. The molecule has 0 amide bonds. The number of aliphatic hydroxyl groups is 1. The minimum Gasteiger partial charge on any atom is -0.396 e. The van der Waals surface area contributed by atoms with Crippen LogP contribution in [0.25, 0.3) is 0 Å². The maximum Gasteiger partial charge on any atom is 0.0445 e. The van der Waals surface area contributed by atoms with Crippen molar-refractivity contribution in [1.82, 2.24) is 5.32 Å². The van der Waals surface area contributed by atoms with E-state index in [1.807, 2.05) is 0 Å². The lowest BCUT2D eigenvalue weighted by molar-refractivity contribution is 0.138. The number of aliphatic hydroxyl groups excluding tert-OH is 1. The molecule has 0 bridgehead atoms. The van der Waals surface area contributed by atoms with Crippen molar-refractivity contribution < 1.29 is 5.11 Å². The minimum absolute atomic E-state index is 0.292. The number of hydrogen-bond donors (Lipinski definition) is 2. The van der Waals surface area contributed by atoms with Gasteiger partial charge in [-0.05, 0) is 43.9 Å². The van der Waals surface area contributed by atoms with E-state index in [0.29, 0.717) is 24.1 Å². The predicted molar refractivity (Wildman–Crippen MR) is 64.9 cm³/mol. The van der Waals surface area contributed by atoms with E-state index >= 15 is 0 Å². The van der Waals surface area contributed by atoms with Gasteiger partial charge >= 0.3 is 0 Å². The molecule has 2 heteroatoms. The second-order valence-electron chi connectivity index (χ2n) is 6.07. The zero-order valence-electron chi connectivity index (χ0n) is 10.7. The fraction of sp³-hybridized carbons (Fsp3) is 1.00. The summed E-state index contributed by atoms with van der Waals surface area (Å²) in [5.41, 5.74) is 0.526. The van der Waals surface area contributed by atoms with E-state index in [9.17, 15) is 0 Å². The van der Waals surface area contributed by atoms with Gasteiger partial charge in [-0.3, -0.25) is 0 Å². The lowest BCUT2D eigenvalue weighted by atomic mass is 9.70. The number of hydrogen-bond acceptors (Lipinski definition) is 2. The third-order valence-corrected chi connectivity index (χ3v) is 3.75. The summed E-state index contributed by atoms with van der Waals surface area (Å²) < 4.78 is 0. The monoisotopic (exact) mass is 213 g/mol. The molecule has 0 aromatic carbocycles. The molecule has 2 N–H and O–H groups in total. The highest BCUT2D eigenvalue weighted by Crippen LogP contribution is 2.38. The Morgan fingerprint density at radius 3 is 2.67 bits per heavy atom. The highest BCUT2D eigenvalue weighted by atomic mass is 16.3. The van der Waals surface area contributed by atoms with Crippen molar-refractivity contribution in [3.63, 3.8) is 0 Å². The highest BCUT2D eigenvalue weighted by Gasteiger charge is 2.32. The SMILES string of the molecule is CC1CC(C)(C)CCC1N[C@H](C)CCO. The summed E-state index contributed by atoms with van der Waals surface area (Å²) in [4.78, 5) is 0. The average molecular weight is 213 g/mol. The zero-order chi connectivity index (χ0) is 11.5. The van der Waals surface area contributed by atoms with Gasteiger partial charge in [-0.15, -0.1) is 0 Å². The molecule has 3 atom stereocenters. The fourth-order valence-electron chi connectivity index (χ4n) is 2.84. The van der Waals surface area contributed by atoms with E-state index in [1.165, 1.54) is 19.3 Å². The van der Waals surface area contributed by atoms with Gasteiger partial charge in [0.1, 0.15) is 0 Å². The van der Waals surface area contributed by atoms with Gasteiger partial charge in [-0.2, -0.15) is 0 Å². The predicted octanol–water partition coefficient (Wildman–Crippen LogP) is 2.56. The van der Waals surface area contributed by atoms with Gasteiger partial charge in [-0.1, -0.05) is 20.8 Å². The molecule has 1 saturated carbocycles. The molecule has 1 aliphatic carbocycles. The van der Waals surface area contributed by atoms with Crippen LogP contribution in [-0.2, 0) is 0 Å². The average Bonchev–Trinajstić information content (AvgIpc) is 2.10. The second kappa shape index (κ2) is 5.31. The number of nitrogens with one attached hydrogen (secondary N) is 1. The molecular weight excluding hydrogens is 186 g/mol. The van der Waals surface area contributed by atoms with Crippen molar-refractivity contribution in [3.05, 3.63) is 0 Å². The van der Waals surface area contributed by atoms with Crippen LogP contribution in [0.4, 0.5) is 0 Å². The standard InChI is InChI=1S/C13H27NO/c1-10-9-13(3,4)7-5-12(10)14-11(2)6-8-15/h10-12,14-15H,5-9H2,1-4H3/t10?,11-,12?/m1/s1. The van der Waals surface area contributed by atoms with E-state index < -0.39 is 0 Å². The first kappa shape index (κ1) is 13.0. The van der Waals surface area contributed by atoms with Crippen LogP contribution < -0.4 is 5.32 Å². The third kappa shape index (κ3) is 4.12. The fourth-order valence-corrected chi connectivity index (χ4v) is 2.84. The molecule has 2 unspecified atom stereocenters. The Labute approximate surface area is 94.5 Å². The maximum atomic E-state index is 8.88. The largest absolute Gasteiger partial charge is 0.396 e. The lowest BCUT2D eigenvalue weighted by Crippen LogP contribution is -2.45. The van der Waals surface area contributed by atoms with Crippen LogP contribution in [0.1, 0.15) is 53.4 Å². The van der Waals surface area contributed by atoms with Crippen LogP contribution in [0.5, 0.6) is 0 Å². The Hall–Kier alpha value is -0.0800. The molecule has 1 aliphatic rings. The third-order valence-electron chi connectivity index (χ3n) is 3.75. The number of rotatable bonds is 4. The quantitative estimate of drug-likeness (QED) is 0.752. The molecule has 0 aromatic heterocycles. The minimum atomic E-state index is 0.292. The van der Waals surface area contributed by atoms with Gasteiger partial charge in [0.05, 0.1) is 0 Å². The Balaban J connectivity index is 2.38. The maximum absolute atomic E-state index is 8.88. The van der Waals surface area contributed by atoms with Crippen LogP contribution in [0.15, 0.2) is 0 Å². The van der Waals surface area contributed by atoms with Crippen LogP contribution >= 0.6 is 0 Å². The normalized spacial score (nSPS) is 32.6. The van der Waals surface area contributed by atoms with Crippen LogP contribution in [0, 0.1) is 11.3 Å². The molecule has 15 heavy (non-hydrogen) atoms. The van der Waals surface area contributed by atoms with E-state index in [1.54, 1.807) is 0 Å². The van der Waals surface area contributed by atoms with Gasteiger partial charge in [0.25, 0.3) is 0 Å². The van der Waals surface area contributed by atoms with Gasteiger partial charge in [0.15, 0.2) is 0 Å². The summed E-state index contributed by atoms with van der Waals surface area (Å²) in [6.45, 7) is 9.56. The smallest absolute Gasteiger partial charge is 0.0445 e. The van der Waals surface area contributed by atoms with Gasteiger partial charge in [0.2, 0.25) is 0 Å². The molecule has 0 heterocycles. The summed E-state index contributed by atoms with van der Waals surface area (Å²) in [7, 11) is 0. The summed E-state index contributed by atoms with van der Waals surface area (Å²) in [5, 5.41) is 12.5. The van der Waals surface area contributed by atoms with Crippen LogP contribution in [0.3, 0.4) is 0 Å². The van der Waals surface area contributed by atoms with E-state index in [2.05, 4.69) is 33.0 Å². The van der Waals surface area contributed by atoms with Crippen LogP contribution in [0.2, 0.25) is 0 Å². The summed E-state index contributed by atoms with van der Waals surface area (Å²) in [6, 6.07) is 1.10. The highest BCUT2D eigenvalue weighted by molar-refractivity contribution is 4.87. The first-order valence-electron chi connectivity index (χ1n) is 6.31. The molecule has 0 saturated heterocycles. The van der Waals surface area contributed by atoms with E-state index in [4.69, 9.17) is 5.11 Å². The summed E-state index contributed by atoms with van der Waals surface area (Å²) >= 11 is 0. The van der Waals surface area contributed by atoms with Crippen molar-refractivity contribution in [3.8, 4) is 0 Å². The van der Waals surface area contributed by atoms with Gasteiger partial charge in [-0.25, -0.2) is 0 Å². The Morgan fingerprint density at radius 1 is 1.47 bits per heavy atom. The molecule has 0 aromatic rings. The van der Waals surface area contributed by atoms with Crippen molar-refractivity contribution >= 4 is 0 Å². The lowest BCUT2D eigenvalue weighted by Gasteiger charge is -2.40. The summed E-state index contributed by atoms with van der Waals surface area (Å²) in [6.07, 6.45) is 4.79. The molecule has 0 aliphatic heterocycles.